The maximum Gasteiger partial charge on any atom is 1.00 e. The van der Waals surface area contributed by atoms with Crippen LogP contribution in [0.1, 0.15) is 91.2 Å². The first-order valence-corrected chi connectivity index (χ1v) is 17.6. The van der Waals surface area contributed by atoms with E-state index < -0.39 is 20.1 Å². The Morgan fingerprint density at radius 3 is 1.68 bits per heavy atom. The van der Waals surface area contributed by atoms with Crippen molar-refractivity contribution in [3.05, 3.63) is 59.7 Å². The van der Waals surface area contributed by atoms with E-state index in [1.54, 1.807) is 0 Å². The van der Waals surface area contributed by atoms with E-state index >= 15 is 5.11 Å². The van der Waals surface area contributed by atoms with Gasteiger partial charge in [0.05, 0.1) is 5.60 Å². The van der Waals surface area contributed by atoms with Gasteiger partial charge >= 0.3 is 33.3 Å². The van der Waals surface area contributed by atoms with Crippen LogP contribution in [-0.2, 0) is 15.0 Å². The fourth-order valence-electron chi connectivity index (χ4n) is 10.6. The summed E-state index contributed by atoms with van der Waals surface area (Å²) in [5.74, 6) is 5.83. The summed E-state index contributed by atoms with van der Waals surface area (Å²) >= 11 is -1.38. The van der Waals surface area contributed by atoms with Crippen molar-refractivity contribution in [1.29, 1.82) is 0 Å². The van der Waals surface area contributed by atoms with Gasteiger partial charge in [-0.1, -0.05) is 107 Å². The Morgan fingerprint density at radius 1 is 0.711 bits per heavy atom. The molecule has 6 atom stereocenters. The first kappa shape index (κ1) is 29.0. The minimum Gasteiger partial charge on any atom is -0.845 e. The molecular formula is C34H46AlLiO2. The number of hydrogen-bond acceptors (Lipinski definition) is 2. The molecule has 0 saturated heterocycles. The van der Waals surface area contributed by atoms with Gasteiger partial charge in [0.15, 0.2) is 0 Å². The summed E-state index contributed by atoms with van der Waals surface area (Å²) < 4.78 is 7.36. The molecule has 38 heavy (non-hydrogen) atoms. The molecule has 4 fully saturated rings. The van der Waals surface area contributed by atoms with Gasteiger partial charge in [0.25, 0.3) is 0 Å². The third-order valence-electron chi connectivity index (χ3n) is 12.4. The molecule has 198 valence electrons. The van der Waals surface area contributed by atoms with Crippen LogP contribution in [0.2, 0.25) is 11.6 Å². The van der Waals surface area contributed by atoms with Crippen molar-refractivity contribution in [1.82, 2.24) is 0 Å². The molecule has 4 aliphatic rings. The summed E-state index contributed by atoms with van der Waals surface area (Å²) in [5, 5.41) is 15.4. The Hall–Kier alpha value is -0.510. The molecule has 0 amide bonds. The predicted molar refractivity (Wildman–Crippen MR) is 152 cm³/mol. The van der Waals surface area contributed by atoms with Crippen molar-refractivity contribution in [2.45, 2.75) is 103 Å². The molecule has 0 heterocycles. The minimum absolute atomic E-state index is 0. The van der Waals surface area contributed by atoms with Crippen LogP contribution < -0.4 is 24.0 Å². The van der Waals surface area contributed by atoms with Crippen molar-refractivity contribution in [2.75, 3.05) is 0 Å². The second-order valence-electron chi connectivity index (χ2n) is 15.1. The molecule has 2 aromatic carbocycles. The van der Waals surface area contributed by atoms with Gasteiger partial charge in [-0.3, -0.25) is 0 Å². The summed E-state index contributed by atoms with van der Waals surface area (Å²) in [6.07, 6.45) is 7.03. The molecule has 4 heteroatoms. The maximum atomic E-state index is 15.4. The van der Waals surface area contributed by atoms with Crippen molar-refractivity contribution >= 4 is 14.5 Å². The van der Waals surface area contributed by atoms with Gasteiger partial charge in [-0.2, -0.15) is 0 Å². The van der Waals surface area contributed by atoms with Gasteiger partial charge in [0.2, 0.25) is 0 Å². The molecule has 2 nitrogen and oxygen atoms in total. The van der Waals surface area contributed by atoms with E-state index in [4.69, 9.17) is 3.79 Å². The van der Waals surface area contributed by atoms with Gasteiger partial charge in [0, 0.05) is 0 Å². The van der Waals surface area contributed by atoms with Crippen LogP contribution in [0.4, 0.5) is 0 Å². The van der Waals surface area contributed by atoms with Crippen molar-refractivity contribution in [3.63, 3.8) is 0 Å². The van der Waals surface area contributed by atoms with Crippen LogP contribution in [-0.4, -0.2) is 14.5 Å². The molecule has 4 bridgehead atoms. The van der Waals surface area contributed by atoms with Gasteiger partial charge in [0.1, 0.15) is 0 Å². The van der Waals surface area contributed by atoms with Crippen LogP contribution in [0, 0.1) is 33.5 Å². The zero-order valence-electron chi connectivity index (χ0n) is 25.4. The monoisotopic (exact) mass is 520 g/mol. The van der Waals surface area contributed by atoms with E-state index in [0.717, 1.165) is 24.0 Å². The largest absolute Gasteiger partial charge is 1.00 e. The fourth-order valence-corrected chi connectivity index (χ4v) is 12.0. The van der Waals surface area contributed by atoms with Crippen LogP contribution in [0.25, 0.3) is 11.1 Å². The average molecular weight is 521 g/mol. The van der Waals surface area contributed by atoms with E-state index in [1.807, 2.05) is 0 Å². The number of benzene rings is 2. The fraction of sp³-hybridized carbons (Fsp3) is 0.647. The van der Waals surface area contributed by atoms with E-state index in [-0.39, 0.29) is 46.1 Å². The van der Waals surface area contributed by atoms with E-state index in [9.17, 15) is 0 Å². The summed E-state index contributed by atoms with van der Waals surface area (Å²) in [4.78, 5) is 0. The predicted octanol–water partition coefficient (Wildman–Crippen LogP) is 5.07. The Balaban J connectivity index is 0.00000294. The molecule has 6 unspecified atom stereocenters. The molecule has 0 aromatic heterocycles. The molecule has 0 N–H and O–H groups in total. The van der Waals surface area contributed by atoms with Crippen LogP contribution >= 0.6 is 0 Å². The Bertz CT molecular complexity index is 1220. The second-order valence-corrected chi connectivity index (χ2v) is 17.4. The van der Waals surface area contributed by atoms with Gasteiger partial charge in [-0.15, -0.1) is 0 Å². The van der Waals surface area contributed by atoms with E-state index in [2.05, 4.69) is 102 Å². The zero-order chi connectivity index (χ0) is 26.6. The van der Waals surface area contributed by atoms with Crippen molar-refractivity contribution in [2.24, 2.45) is 33.5 Å². The first-order valence-electron chi connectivity index (χ1n) is 14.8. The van der Waals surface area contributed by atoms with Gasteiger partial charge in [-0.25, -0.2) is 0 Å². The number of rotatable bonds is 5. The minimum atomic E-state index is -1.38. The van der Waals surface area contributed by atoms with Crippen molar-refractivity contribution < 1.29 is 27.8 Å². The molecule has 4 aliphatic carbocycles. The van der Waals surface area contributed by atoms with Crippen LogP contribution in [0.5, 0.6) is 0 Å². The zero-order valence-corrected chi connectivity index (χ0v) is 26.6. The third kappa shape index (κ3) is 3.34. The smallest absolute Gasteiger partial charge is 0.845 e. The standard InChI is InChI=1S/C32H40O2.2CH3.Al.Li/c1-27(2)21-15-17-29(5,19-21)31(27,33)25-13-9-7-11-23(25)24-12-8-10-14-26(24)32(34)28(3,4)22-16-18-30(32,6)20-22;;;;/h7-14,21-22H,15-20H2,1-6H3;2*1H3;;/q-2;;;2*+1. The summed E-state index contributed by atoms with van der Waals surface area (Å²) in [6.45, 7) is 14.2. The van der Waals surface area contributed by atoms with E-state index in [1.165, 1.54) is 36.8 Å². The molecule has 6 rings (SSSR count). The molecule has 0 aliphatic heterocycles. The third-order valence-corrected chi connectivity index (χ3v) is 13.2. The SMILES string of the molecule is [CH3][Al]([CH3])[O]C1(c2ccccc2-c2ccccc2C2([O-])C3(C)CCC(C3)C2(C)C)C2(C)CCC(C2)C1(C)C.[Li+]. The normalized spacial score (nSPS) is 39.8. The number of fused-ring (bicyclic) bond motifs is 4. The average Bonchev–Trinajstić information content (AvgIpc) is 3.53. The molecule has 2 aromatic rings. The Kier molecular flexibility index (Phi) is 6.86. The van der Waals surface area contributed by atoms with Gasteiger partial charge in [-0.05, 0) is 94.3 Å². The van der Waals surface area contributed by atoms with Crippen molar-refractivity contribution in [3.8, 4) is 11.1 Å². The van der Waals surface area contributed by atoms with E-state index in [0.29, 0.717) is 11.8 Å². The summed E-state index contributed by atoms with van der Waals surface area (Å²) in [6, 6.07) is 17.7. The summed E-state index contributed by atoms with van der Waals surface area (Å²) in [5.41, 5.74) is 2.93. The molecule has 0 radical (unpaired) electrons. The topological polar surface area (TPSA) is 32.3 Å². The quantitative estimate of drug-likeness (QED) is 0.516. The Labute approximate surface area is 248 Å². The molecule has 4 saturated carbocycles. The first-order chi connectivity index (χ1) is 17.3. The number of hydrogen-bond donors (Lipinski definition) is 0. The molecular weight excluding hydrogens is 474 g/mol. The van der Waals surface area contributed by atoms with Gasteiger partial charge < -0.3 is 8.90 Å². The molecule has 0 spiro atoms. The Morgan fingerprint density at radius 2 is 1.18 bits per heavy atom. The van der Waals surface area contributed by atoms with Crippen LogP contribution in [0.15, 0.2) is 48.5 Å². The summed E-state index contributed by atoms with van der Waals surface area (Å²) in [7, 11) is 0. The second kappa shape index (κ2) is 8.99. The maximum absolute atomic E-state index is 15.4. The van der Waals surface area contributed by atoms with Crippen LogP contribution in [0.3, 0.4) is 0 Å².